The highest BCUT2D eigenvalue weighted by Crippen LogP contribution is 2.56. The van der Waals surface area contributed by atoms with Crippen LogP contribution in [0.1, 0.15) is 76.6 Å². The van der Waals surface area contributed by atoms with Gasteiger partial charge in [-0.05, 0) is 73.2 Å². The molecule has 5 heterocycles. The number of anilines is 4. The van der Waals surface area contributed by atoms with Crippen LogP contribution in [0.4, 0.5) is 22.7 Å². The van der Waals surface area contributed by atoms with Gasteiger partial charge in [-0.25, -0.2) is 0 Å². The normalized spacial score (nSPS) is 29.2. The minimum Gasteiger partial charge on any atom is -0.367 e. The molecule has 6 unspecified atom stereocenters. The predicted molar refractivity (Wildman–Crippen MR) is 204 cm³/mol. The molecule has 2 N–H and O–H groups in total. The number of nitrogens with zero attached hydrogens (tertiary/aromatic N) is 4. The summed E-state index contributed by atoms with van der Waals surface area (Å²) in [5.41, 5.74) is 13.5. The number of benzene rings is 4. The molecule has 6 nitrogen and oxygen atoms in total. The number of piperazine rings is 1. The van der Waals surface area contributed by atoms with E-state index >= 15 is 0 Å². The maximum atomic E-state index is 3.84. The van der Waals surface area contributed by atoms with Crippen LogP contribution in [0, 0.1) is 0 Å². The van der Waals surface area contributed by atoms with Crippen LogP contribution in [0.15, 0.2) is 121 Å². The van der Waals surface area contributed by atoms with Gasteiger partial charge in [-0.3, -0.25) is 0 Å². The van der Waals surface area contributed by atoms with Crippen molar-refractivity contribution in [2.75, 3.05) is 9.80 Å². The first kappa shape index (κ1) is 30.0. The van der Waals surface area contributed by atoms with E-state index in [1.807, 2.05) is 0 Å². The minimum atomic E-state index is -0.0856. The quantitative estimate of drug-likeness (QED) is 0.225. The summed E-state index contributed by atoms with van der Waals surface area (Å²) in [6.07, 6.45) is 6.94. The molecule has 4 aromatic rings. The number of nitrogens with one attached hydrogen (secondary N) is 2. The first-order valence-electron chi connectivity index (χ1n) is 18.6. The van der Waals surface area contributed by atoms with Crippen LogP contribution >= 0.6 is 0 Å². The van der Waals surface area contributed by atoms with Gasteiger partial charge in [0, 0.05) is 57.4 Å². The molecule has 1 saturated carbocycles. The molecule has 0 bridgehead atoms. The van der Waals surface area contributed by atoms with Gasteiger partial charge in [0.05, 0.1) is 24.2 Å². The van der Waals surface area contributed by atoms with Gasteiger partial charge in [0.1, 0.15) is 12.3 Å². The number of allylic oxidation sites excluding steroid dienone is 2. The van der Waals surface area contributed by atoms with E-state index in [0.29, 0.717) is 0 Å². The number of para-hydroxylation sites is 4. The molecule has 1 saturated heterocycles. The molecule has 4 aromatic carbocycles. The van der Waals surface area contributed by atoms with Crippen molar-refractivity contribution < 1.29 is 0 Å². The smallest absolute Gasteiger partial charge is 0.139 e. The molecule has 6 aliphatic rings. The lowest BCUT2D eigenvalue weighted by atomic mass is 9.69. The molecular formula is C44H48N6. The second-order valence-corrected chi connectivity index (χ2v) is 16.4. The highest BCUT2D eigenvalue weighted by atomic mass is 15.5. The average Bonchev–Trinajstić information content (AvgIpc) is 3.71. The highest BCUT2D eigenvalue weighted by molar-refractivity contribution is 5.80. The predicted octanol–water partition coefficient (Wildman–Crippen LogP) is 8.41. The van der Waals surface area contributed by atoms with Crippen molar-refractivity contribution in [1.82, 2.24) is 20.4 Å². The zero-order chi connectivity index (χ0) is 34.1. The summed E-state index contributed by atoms with van der Waals surface area (Å²) in [5, 5.41) is 7.68. The van der Waals surface area contributed by atoms with Gasteiger partial charge < -0.3 is 30.2 Å². The standard InChI is InChI=1S/C44H48N6/c1-27-25-45-41-42-46-26-28(2)48(42)40-38(50-35-21-13-9-17-31(35)44(5,6)32-18-10-14-22-36(32)50)24-23-37(39(40)47(27)41)49-33-19-11-7-15-29(33)43(3,4)30-16-8-12-20-34(30)49/h7-22,25-26,37-42,45-46H,23-24H2,1-6H3. The monoisotopic (exact) mass is 660 g/mol. The van der Waals surface area contributed by atoms with Crippen molar-refractivity contribution in [3.8, 4) is 0 Å². The summed E-state index contributed by atoms with van der Waals surface area (Å²) >= 11 is 0. The number of hydrogen-bond donors (Lipinski definition) is 2. The van der Waals surface area contributed by atoms with E-state index < -0.39 is 0 Å². The van der Waals surface area contributed by atoms with Crippen LogP contribution in [0.2, 0.25) is 0 Å². The third-order valence-corrected chi connectivity index (χ3v) is 13.2. The summed E-state index contributed by atoms with van der Waals surface area (Å²) in [6.45, 7) is 14.2. The molecule has 6 atom stereocenters. The summed E-state index contributed by atoms with van der Waals surface area (Å²) in [6, 6.07) is 37.7. The van der Waals surface area contributed by atoms with Crippen LogP contribution in [0.3, 0.4) is 0 Å². The second kappa shape index (κ2) is 10.3. The van der Waals surface area contributed by atoms with Gasteiger partial charge in [0.25, 0.3) is 0 Å². The lowest BCUT2D eigenvalue weighted by Gasteiger charge is -2.63. The molecule has 0 amide bonds. The van der Waals surface area contributed by atoms with Gasteiger partial charge in [0.2, 0.25) is 0 Å². The van der Waals surface area contributed by atoms with Gasteiger partial charge in [0.15, 0.2) is 0 Å². The molecule has 5 aliphatic heterocycles. The average molecular weight is 661 g/mol. The number of fused-ring (bicyclic) bond motifs is 10. The number of rotatable bonds is 2. The van der Waals surface area contributed by atoms with Crippen molar-refractivity contribution in [3.63, 3.8) is 0 Å². The Bertz CT molecular complexity index is 1850. The largest absolute Gasteiger partial charge is 0.367 e. The molecule has 254 valence electrons. The maximum absolute atomic E-state index is 3.84. The van der Waals surface area contributed by atoms with Gasteiger partial charge >= 0.3 is 0 Å². The SMILES string of the molecule is CC1=CNC2C3NC=C(C)N3C3C(N4c5ccccc5C(C)(C)c5ccccc54)CCC(N4c5ccccc5C(C)(C)c5ccccc54)C3N12. The highest BCUT2D eigenvalue weighted by Gasteiger charge is 2.60. The topological polar surface area (TPSA) is 37.0 Å². The summed E-state index contributed by atoms with van der Waals surface area (Å²) in [4.78, 5) is 11.0. The molecular weight excluding hydrogens is 613 g/mol. The van der Waals surface area contributed by atoms with Crippen molar-refractivity contribution >= 4 is 22.7 Å². The Kier molecular flexibility index (Phi) is 6.21. The Morgan fingerprint density at radius 1 is 0.480 bits per heavy atom. The molecule has 2 fully saturated rings. The lowest BCUT2D eigenvalue weighted by Crippen LogP contribution is -2.78. The van der Waals surface area contributed by atoms with Crippen LogP contribution in [0.25, 0.3) is 0 Å². The van der Waals surface area contributed by atoms with Crippen LogP contribution < -0.4 is 20.4 Å². The fourth-order valence-electron chi connectivity index (χ4n) is 11.0. The molecule has 50 heavy (non-hydrogen) atoms. The zero-order valence-corrected chi connectivity index (χ0v) is 30.1. The first-order chi connectivity index (χ1) is 24.2. The van der Waals surface area contributed by atoms with E-state index in [1.54, 1.807) is 0 Å². The molecule has 0 radical (unpaired) electrons. The van der Waals surface area contributed by atoms with E-state index in [-0.39, 0.29) is 47.3 Å². The molecule has 10 rings (SSSR count). The van der Waals surface area contributed by atoms with Crippen molar-refractivity contribution in [1.29, 1.82) is 0 Å². The maximum Gasteiger partial charge on any atom is 0.139 e. The van der Waals surface area contributed by atoms with Gasteiger partial charge in [-0.15, -0.1) is 0 Å². The van der Waals surface area contributed by atoms with E-state index in [4.69, 9.17) is 0 Å². The van der Waals surface area contributed by atoms with E-state index in [1.165, 1.54) is 56.4 Å². The third kappa shape index (κ3) is 3.80. The fraction of sp³-hybridized carbons (Fsp3) is 0.364. The second-order valence-electron chi connectivity index (χ2n) is 16.4. The third-order valence-electron chi connectivity index (χ3n) is 13.2. The van der Waals surface area contributed by atoms with Crippen LogP contribution in [0.5, 0.6) is 0 Å². The number of hydrogen-bond acceptors (Lipinski definition) is 6. The summed E-state index contributed by atoms with van der Waals surface area (Å²) < 4.78 is 0. The van der Waals surface area contributed by atoms with Gasteiger partial charge in [-0.1, -0.05) is 100 Å². The summed E-state index contributed by atoms with van der Waals surface area (Å²) in [5.74, 6) is 0. The Hall–Kier alpha value is -4.84. The first-order valence-corrected chi connectivity index (χ1v) is 18.6. The summed E-state index contributed by atoms with van der Waals surface area (Å²) in [7, 11) is 0. The van der Waals surface area contributed by atoms with Crippen LogP contribution in [-0.4, -0.2) is 46.3 Å². The molecule has 1 aliphatic carbocycles. The molecule has 0 spiro atoms. The van der Waals surface area contributed by atoms with E-state index in [2.05, 4.69) is 181 Å². The molecule has 6 heteroatoms. The van der Waals surface area contributed by atoms with E-state index in [0.717, 1.165) is 12.8 Å². The zero-order valence-electron chi connectivity index (χ0n) is 30.1. The molecule has 0 aromatic heterocycles. The van der Waals surface area contributed by atoms with Gasteiger partial charge in [-0.2, -0.15) is 0 Å². The minimum absolute atomic E-state index is 0.0856. The Morgan fingerprint density at radius 3 is 1.10 bits per heavy atom. The fourth-order valence-corrected chi connectivity index (χ4v) is 11.0. The van der Waals surface area contributed by atoms with Crippen molar-refractivity contribution in [2.24, 2.45) is 0 Å². The lowest BCUT2D eigenvalue weighted by molar-refractivity contribution is -0.0552. The van der Waals surface area contributed by atoms with Crippen molar-refractivity contribution in [2.45, 2.75) is 102 Å². The van der Waals surface area contributed by atoms with Crippen molar-refractivity contribution in [3.05, 3.63) is 143 Å². The Labute approximate surface area is 297 Å². The van der Waals surface area contributed by atoms with E-state index in [9.17, 15) is 0 Å². The van der Waals surface area contributed by atoms with Crippen LogP contribution in [-0.2, 0) is 10.8 Å². The Morgan fingerprint density at radius 2 is 0.780 bits per heavy atom. The Balaban J connectivity index is 1.20.